The Morgan fingerprint density at radius 3 is 2.35 bits per heavy atom. The van der Waals surface area contributed by atoms with E-state index in [0.29, 0.717) is 36.2 Å². The van der Waals surface area contributed by atoms with Crippen molar-refractivity contribution >= 4 is 29.3 Å². The van der Waals surface area contributed by atoms with Crippen molar-refractivity contribution in [3.05, 3.63) is 33.8 Å². The topological polar surface area (TPSA) is 77.0 Å². The van der Waals surface area contributed by atoms with E-state index < -0.39 is 17.5 Å². The second-order valence-electron chi connectivity index (χ2n) is 9.48. The number of rotatable bonds is 6. The van der Waals surface area contributed by atoms with Crippen molar-refractivity contribution in [2.24, 2.45) is 5.92 Å². The number of aliphatic hydroxyl groups is 1. The summed E-state index contributed by atoms with van der Waals surface area (Å²) in [6.45, 7) is 7.11. The zero-order chi connectivity index (χ0) is 22.7. The summed E-state index contributed by atoms with van der Waals surface area (Å²) in [6.07, 6.45) is 3.11. The zero-order valence-corrected chi connectivity index (χ0v) is 20.0. The molecule has 2 N–H and O–H groups in total. The van der Waals surface area contributed by atoms with Crippen molar-refractivity contribution in [1.29, 1.82) is 0 Å². The van der Waals surface area contributed by atoms with Gasteiger partial charge < -0.3 is 24.6 Å². The third kappa shape index (κ3) is 5.85. The Morgan fingerprint density at radius 1 is 1.16 bits per heavy atom. The van der Waals surface area contributed by atoms with Crippen molar-refractivity contribution in [1.82, 2.24) is 5.32 Å². The molecule has 8 heteroatoms. The average Bonchev–Trinajstić information content (AvgIpc) is 3.15. The van der Waals surface area contributed by atoms with E-state index in [9.17, 15) is 9.90 Å². The predicted octanol–water partition coefficient (Wildman–Crippen LogP) is 5.07. The van der Waals surface area contributed by atoms with E-state index in [1.807, 2.05) is 39.0 Å². The molecule has 1 aliphatic heterocycles. The van der Waals surface area contributed by atoms with Gasteiger partial charge in [0.05, 0.1) is 23.3 Å². The summed E-state index contributed by atoms with van der Waals surface area (Å²) in [5.41, 5.74) is 0.165. The fraction of sp³-hybridized carbons (Fsp3) is 0.696. The minimum absolute atomic E-state index is 0.0158. The van der Waals surface area contributed by atoms with E-state index in [4.69, 9.17) is 37.4 Å². The van der Waals surface area contributed by atoms with Gasteiger partial charge in [-0.2, -0.15) is 0 Å². The number of halogens is 2. The van der Waals surface area contributed by atoms with E-state index in [-0.39, 0.29) is 17.9 Å². The summed E-state index contributed by atoms with van der Waals surface area (Å²) in [7, 11) is 0. The highest BCUT2D eigenvalue weighted by Crippen LogP contribution is 2.51. The van der Waals surface area contributed by atoms with Gasteiger partial charge in [-0.3, -0.25) is 0 Å². The number of hydrogen-bond donors (Lipinski definition) is 2. The minimum atomic E-state index is -0.577. The number of hydrogen-bond acceptors (Lipinski definition) is 5. The van der Waals surface area contributed by atoms with Gasteiger partial charge in [-0.25, -0.2) is 4.79 Å². The summed E-state index contributed by atoms with van der Waals surface area (Å²) in [5.74, 6) is -0.553. The van der Waals surface area contributed by atoms with Crippen molar-refractivity contribution in [3.63, 3.8) is 0 Å². The molecule has 0 bridgehead atoms. The molecule has 2 fully saturated rings. The molecule has 1 amide bonds. The Kier molecular flexibility index (Phi) is 7.80. The minimum Gasteiger partial charge on any atom is -0.444 e. The van der Waals surface area contributed by atoms with Gasteiger partial charge >= 0.3 is 6.09 Å². The first-order chi connectivity index (χ1) is 14.6. The van der Waals surface area contributed by atoms with Gasteiger partial charge in [-0.05, 0) is 63.6 Å². The lowest BCUT2D eigenvalue weighted by Gasteiger charge is -2.48. The number of carbonyl (C=O) groups is 1. The van der Waals surface area contributed by atoms with Crippen LogP contribution >= 0.6 is 23.2 Å². The number of amides is 1. The summed E-state index contributed by atoms with van der Waals surface area (Å²) >= 11 is 12.6. The molecule has 1 atom stereocenters. The van der Waals surface area contributed by atoms with Gasteiger partial charge in [0.2, 0.25) is 0 Å². The summed E-state index contributed by atoms with van der Waals surface area (Å²) in [4.78, 5) is 12.3. The average molecular weight is 474 g/mol. The maximum absolute atomic E-state index is 12.3. The quantitative estimate of drug-likeness (QED) is 0.602. The SMILES string of the molecule is CC(C)(C)OC(=O)NCC(CCO)C1(c2ccc(Cl)c(Cl)c2)CCC2(CC1)OCCO2. The molecule has 1 aromatic rings. The van der Waals surface area contributed by atoms with Crippen LogP contribution in [0.3, 0.4) is 0 Å². The summed E-state index contributed by atoms with van der Waals surface area (Å²) < 4.78 is 17.3. The Morgan fingerprint density at radius 2 is 1.81 bits per heavy atom. The van der Waals surface area contributed by atoms with Gasteiger partial charge in [0.1, 0.15) is 5.60 Å². The predicted molar refractivity (Wildman–Crippen MR) is 121 cm³/mol. The van der Waals surface area contributed by atoms with E-state index in [0.717, 1.165) is 31.2 Å². The molecule has 1 saturated carbocycles. The van der Waals surface area contributed by atoms with E-state index in [1.54, 1.807) is 0 Å². The summed E-state index contributed by atoms with van der Waals surface area (Å²) in [6, 6.07) is 5.72. The lowest BCUT2D eigenvalue weighted by molar-refractivity contribution is -0.188. The van der Waals surface area contributed by atoms with Crippen LogP contribution in [-0.2, 0) is 19.6 Å². The van der Waals surface area contributed by atoms with Gasteiger partial charge in [0.25, 0.3) is 0 Å². The molecule has 31 heavy (non-hydrogen) atoms. The van der Waals surface area contributed by atoms with Crippen LogP contribution in [0.25, 0.3) is 0 Å². The highest BCUT2D eigenvalue weighted by molar-refractivity contribution is 6.42. The number of aliphatic hydroxyl groups excluding tert-OH is 1. The third-order valence-electron chi connectivity index (χ3n) is 6.36. The number of benzene rings is 1. The van der Waals surface area contributed by atoms with Gasteiger partial charge in [-0.15, -0.1) is 0 Å². The van der Waals surface area contributed by atoms with Crippen molar-refractivity contribution in [2.75, 3.05) is 26.4 Å². The van der Waals surface area contributed by atoms with Crippen LogP contribution in [0.15, 0.2) is 18.2 Å². The standard InChI is InChI=1S/C23H33Cl2NO5/c1-21(2,3)31-20(28)26-15-17(6-11-27)22(16-4-5-18(24)19(25)14-16)7-9-23(10-8-22)29-12-13-30-23/h4-5,14,17,27H,6-13,15H2,1-3H3,(H,26,28). The fourth-order valence-electron chi connectivity index (χ4n) is 4.85. The van der Waals surface area contributed by atoms with Crippen molar-refractivity contribution in [2.45, 2.75) is 69.7 Å². The zero-order valence-electron chi connectivity index (χ0n) is 18.5. The maximum atomic E-state index is 12.3. The van der Waals surface area contributed by atoms with Crippen LogP contribution in [0.4, 0.5) is 4.79 Å². The van der Waals surface area contributed by atoms with Gasteiger partial charge in [0.15, 0.2) is 5.79 Å². The molecular formula is C23H33Cl2NO5. The Hall–Kier alpha value is -1.05. The Bertz CT molecular complexity index is 764. The monoisotopic (exact) mass is 473 g/mol. The molecule has 1 saturated heterocycles. The van der Waals surface area contributed by atoms with Gasteiger partial charge in [-0.1, -0.05) is 29.3 Å². The molecule has 3 rings (SSSR count). The van der Waals surface area contributed by atoms with Crippen LogP contribution < -0.4 is 5.32 Å². The van der Waals surface area contributed by atoms with E-state index in [1.165, 1.54) is 0 Å². The second kappa shape index (κ2) is 9.84. The molecule has 2 aliphatic rings. The van der Waals surface area contributed by atoms with E-state index >= 15 is 0 Å². The first-order valence-electron chi connectivity index (χ1n) is 10.9. The van der Waals surface area contributed by atoms with Gasteiger partial charge in [0, 0.05) is 31.4 Å². The van der Waals surface area contributed by atoms with Crippen LogP contribution in [-0.4, -0.2) is 49.0 Å². The molecular weight excluding hydrogens is 441 g/mol. The summed E-state index contributed by atoms with van der Waals surface area (Å²) in [5, 5.41) is 13.7. The van der Waals surface area contributed by atoms with Crippen molar-refractivity contribution < 1.29 is 24.1 Å². The molecule has 1 aliphatic carbocycles. The normalized spacial score (nSPS) is 21.1. The molecule has 0 aromatic heterocycles. The first kappa shape index (κ1) is 24.6. The highest BCUT2D eigenvalue weighted by Gasteiger charge is 2.50. The van der Waals surface area contributed by atoms with Crippen LogP contribution in [0.5, 0.6) is 0 Å². The molecule has 174 valence electrons. The Balaban J connectivity index is 1.87. The van der Waals surface area contributed by atoms with Crippen LogP contribution in [0, 0.1) is 5.92 Å². The number of ether oxygens (including phenoxy) is 3. The molecule has 1 spiro atoms. The lowest BCUT2D eigenvalue weighted by Crippen LogP contribution is -2.49. The second-order valence-corrected chi connectivity index (χ2v) is 10.3. The molecule has 1 aromatic carbocycles. The first-order valence-corrected chi connectivity index (χ1v) is 11.7. The van der Waals surface area contributed by atoms with Crippen LogP contribution in [0.2, 0.25) is 10.0 Å². The van der Waals surface area contributed by atoms with E-state index in [2.05, 4.69) is 5.32 Å². The third-order valence-corrected chi connectivity index (χ3v) is 7.10. The number of nitrogens with one attached hydrogen (secondary N) is 1. The Labute approximate surface area is 194 Å². The maximum Gasteiger partial charge on any atom is 0.407 e. The number of alkyl carbamates (subject to hydrolysis) is 1. The van der Waals surface area contributed by atoms with Crippen LogP contribution in [0.1, 0.15) is 58.4 Å². The molecule has 0 radical (unpaired) electrons. The molecule has 1 unspecified atom stereocenters. The lowest BCUT2D eigenvalue weighted by atomic mass is 9.60. The molecule has 6 nitrogen and oxygen atoms in total. The smallest absolute Gasteiger partial charge is 0.407 e. The largest absolute Gasteiger partial charge is 0.444 e. The highest BCUT2D eigenvalue weighted by atomic mass is 35.5. The van der Waals surface area contributed by atoms with Crippen molar-refractivity contribution in [3.8, 4) is 0 Å². The molecule has 1 heterocycles. The fourth-order valence-corrected chi connectivity index (χ4v) is 5.15. The number of carbonyl (C=O) groups excluding carboxylic acids is 1.